The molecule has 0 saturated heterocycles. The largest absolute Gasteiger partial charge is 0.330 e. The Bertz CT molecular complexity index is 401. The van der Waals surface area contributed by atoms with E-state index in [9.17, 15) is 13.0 Å². The van der Waals surface area contributed by atoms with Crippen LogP contribution >= 0.6 is 15.9 Å². The van der Waals surface area contributed by atoms with Gasteiger partial charge in [-0.2, -0.15) is 0 Å². The average Bonchev–Trinajstić information content (AvgIpc) is 2.27. The molecule has 0 fully saturated rings. The van der Waals surface area contributed by atoms with Gasteiger partial charge in [0.15, 0.2) is 0 Å². The third-order valence-corrected chi connectivity index (χ3v) is 3.99. The van der Waals surface area contributed by atoms with Crippen molar-refractivity contribution in [3.63, 3.8) is 0 Å². The molecule has 0 aromatic heterocycles. The molecule has 2 nitrogen and oxygen atoms in total. The monoisotopic (exact) mass is 311 g/mol. The predicted molar refractivity (Wildman–Crippen MR) is 64.4 cm³/mol. The van der Waals surface area contributed by atoms with Crippen molar-refractivity contribution in [2.75, 3.05) is 12.3 Å². The Morgan fingerprint density at radius 1 is 1.38 bits per heavy atom. The van der Waals surface area contributed by atoms with Crippen molar-refractivity contribution in [2.24, 2.45) is 5.73 Å². The first-order chi connectivity index (χ1) is 7.56. The molecule has 1 unspecified atom stereocenters. The molecule has 0 spiro atoms. The van der Waals surface area contributed by atoms with Crippen LogP contribution in [0.4, 0.5) is 8.78 Å². The fraction of sp³-hybridized carbons (Fsp3) is 0.400. The second-order valence-corrected chi connectivity index (χ2v) is 5.68. The van der Waals surface area contributed by atoms with E-state index in [2.05, 4.69) is 15.9 Å². The van der Waals surface area contributed by atoms with E-state index in [-0.39, 0.29) is 15.8 Å². The maximum Gasteiger partial charge on any atom is 0.144 e. The van der Waals surface area contributed by atoms with Crippen LogP contribution in [0.25, 0.3) is 0 Å². The highest BCUT2D eigenvalue weighted by molar-refractivity contribution is 9.10. The first-order valence-corrected chi connectivity index (χ1v) is 7.01. The Morgan fingerprint density at radius 2 is 2.06 bits per heavy atom. The molecule has 1 atom stereocenters. The van der Waals surface area contributed by atoms with Gasteiger partial charge in [0, 0.05) is 22.1 Å². The van der Waals surface area contributed by atoms with Gasteiger partial charge in [0.05, 0.1) is 10.2 Å². The summed E-state index contributed by atoms with van der Waals surface area (Å²) in [6.45, 7) is 0.426. The molecular formula is C10H12BrF2NOS. The van der Waals surface area contributed by atoms with Gasteiger partial charge in [0.1, 0.15) is 11.6 Å². The molecule has 0 heterocycles. The molecule has 0 aliphatic rings. The number of rotatable bonds is 5. The van der Waals surface area contributed by atoms with Crippen LogP contribution in [0, 0.1) is 11.6 Å². The maximum atomic E-state index is 13.5. The molecule has 2 N–H and O–H groups in total. The lowest BCUT2D eigenvalue weighted by Crippen LogP contribution is -2.09. The Labute approximate surface area is 104 Å². The van der Waals surface area contributed by atoms with Crippen LogP contribution in [-0.2, 0) is 16.6 Å². The van der Waals surface area contributed by atoms with Gasteiger partial charge in [0.25, 0.3) is 0 Å². The topological polar surface area (TPSA) is 43.1 Å². The molecule has 0 bridgehead atoms. The lowest BCUT2D eigenvalue weighted by Gasteiger charge is -2.06. The van der Waals surface area contributed by atoms with E-state index < -0.39 is 22.4 Å². The molecule has 0 radical (unpaired) electrons. The summed E-state index contributed by atoms with van der Waals surface area (Å²) in [7, 11) is -1.28. The van der Waals surface area contributed by atoms with Gasteiger partial charge in [0.2, 0.25) is 0 Å². The summed E-state index contributed by atoms with van der Waals surface area (Å²) in [6.07, 6.45) is 0.587. The second-order valence-electron chi connectivity index (χ2n) is 3.25. The van der Waals surface area contributed by atoms with Crippen LogP contribution in [0.15, 0.2) is 16.6 Å². The smallest absolute Gasteiger partial charge is 0.144 e. The average molecular weight is 312 g/mol. The number of nitrogens with two attached hydrogens (primary N) is 1. The standard InChI is InChI=1S/C10H12BrF2NOS/c11-8-2-3-9(12)7(10(8)13)6-16(15)5-1-4-14/h2-3H,1,4-6,14H2. The van der Waals surface area contributed by atoms with Crippen molar-refractivity contribution in [2.45, 2.75) is 12.2 Å². The highest BCUT2D eigenvalue weighted by atomic mass is 79.9. The number of hydrogen-bond donors (Lipinski definition) is 1. The molecule has 1 aromatic rings. The van der Waals surface area contributed by atoms with Crippen LogP contribution in [0.3, 0.4) is 0 Å². The molecule has 0 aliphatic heterocycles. The summed E-state index contributed by atoms with van der Waals surface area (Å²) in [5.74, 6) is -1.10. The Hall–Kier alpha value is -0.330. The maximum absolute atomic E-state index is 13.5. The zero-order valence-electron chi connectivity index (χ0n) is 8.51. The Balaban J connectivity index is 2.80. The third kappa shape index (κ3) is 3.61. The minimum atomic E-state index is -1.28. The van der Waals surface area contributed by atoms with Crippen LogP contribution in [0.1, 0.15) is 12.0 Å². The van der Waals surface area contributed by atoms with Gasteiger partial charge in [-0.05, 0) is 41.0 Å². The molecule has 0 amide bonds. The highest BCUT2D eigenvalue weighted by Crippen LogP contribution is 2.22. The van der Waals surface area contributed by atoms with E-state index in [0.717, 1.165) is 6.07 Å². The minimum absolute atomic E-state index is 0.114. The van der Waals surface area contributed by atoms with Gasteiger partial charge < -0.3 is 5.73 Å². The lowest BCUT2D eigenvalue weighted by molar-refractivity contribution is 0.560. The molecule has 1 rings (SSSR count). The number of halogens is 3. The number of hydrogen-bond acceptors (Lipinski definition) is 2. The van der Waals surface area contributed by atoms with E-state index in [4.69, 9.17) is 5.73 Å². The molecule has 6 heteroatoms. The van der Waals surface area contributed by atoms with E-state index in [1.54, 1.807) is 0 Å². The van der Waals surface area contributed by atoms with Crippen molar-refractivity contribution >= 4 is 26.7 Å². The zero-order chi connectivity index (χ0) is 12.1. The summed E-state index contributed by atoms with van der Waals surface area (Å²) >= 11 is 2.96. The summed E-state index contributed by atoms with van der Waals surface area (Å²) in [6, 6.07) is 2.44. The van der Waals surface area contributed by atoms with Crippen molar-refractivity contribution in [3.05, 3.63) is 33.8 Å². The fourth-order valence-electron chi connectivity index (χ4n) is 1.18. The predicted octanol–water partition coefficient (Wildman–Crippen LogP) is 2.32. The number of benzene rings is 1. The highest BCUT2D eigenvalue weighted by Gasteiger charge is 2.14. The van der Waals surface area contributed by atoms with Gasteiger partial charge in [-0.15, -0.1) is 0 Å². The third-order valence-electron chi connectivity index (χ3n) is 2.02. The summed E-state index contributed by atoms with van der Waals surface area (Å²) in [4.78, 5) is 0. The first-order valence-electron chi connectivity index (χ1n) is 4.73. The lowest BCUT2D eigenvalue weighted by atomic mass is 10.2. The van der Waals surface area contributed by atoms with Crippen molar-refractivity contribution in [3.8, 4) is 0 Å². The van der Waals surface area contributed by atoms with Gasteiger partial charge in [-0.3, -0.25) is 4.21 Å². The minimum Gasteiger partial charge on any atom is -0.330 e. The fourth-order valence-corrected chi connectivity index (χ4v) is 2.77. The Morgan fingerprint density at radius 3 is 2.69 bits per heavy atom. The molecular weight excluding hydrogens is 300 g/mol. The summed E-state index contributed by atoms with van der Waals surface area (Å²) < 4.78 is 38.5. The zero-order valence-corrected chi connectivity index (χ0v) is 10.9. The SMILES string of the molecule is NCCCS(=O)Cc1c(F)ccc(Br)c1F. The second kappa shape index (κ2) is 6.42. The summed E-state index contributed by atoms with van der Waals surface area (Å²) in [5.41, 5.74) is 5.13. The van der Waals surface area contributed by atoms with E-state index in [1.165, 1.54) is 6.07 Å². The van der Waals surface area contributed by atoms with Gasteiger partial charge in [-0.1, -0.05) is 0 Å². The van der Waals surface area contributed by atoms with Crippen LogP contribution < -0.4 is 5.73 Å². The van der Waals surface area contributed by atoms with Crippen LogP contribution in [0.2, 0.25) is 0 Å². The first kappa shape index (κ1) is 13.7. The van der Waals surface area contributed by atoms with E-state index >= 15 is 0 Å². The molecule has 16 heavy (non-hydrogen) atoms. The van der Waals surface area contributed by atoms with E-state index in [1.807, 2.05) is 0 Å². The quantitative estimate of drug-likeness (QED) is 0.848. The van der Waals surface area contributed by atoms with Crippen LogP contribution in [0.5, 0.6) is 0 Å². The van der Waals surface area contributed by atoms with Crippen molar-refractivity contribution < 1.29 is 13.0 Å². The van der Waals surface area contributed by atoms with Crippen LogP contribution in [-0.4, -0.2) is 16.5 Å². The molecule has 0 saturated carbocycles. The summed E-state index contributed by atoms with van der Waals surface area (Å²) in [5, 5.41) is 0. The Kier molecular flexibility index (Phi) is 5.51. The molecule has 1 aromatic carbocycles. The van der Waals surface area contributed by atoms with Gasteiger partial charge >= 0.3 is 0 Å². The molecule has 0 aliphatic carbocycles. The van der Waals surface area contributed by atoms with Gasteiger partial charge in [-0.25, -0.2) is 8.78 Å². The molecule has 90 valence electrons. The normalized spacial score (nSPS) is 12.8. The van der Waals surface area contributed by atoms with E-state index in [0.29, 0.717) is 18.7 Å². The van der Waals surface area contributed by atoms with Crippen molar-refractivity contribution in [1.82, 2.24) is 0 Å². The van der Waals surface area contributed by atoms with Crippen molar-refractivity contribution in [1.29, 1.82) is 0 Å².